The Morgan fingerprint density at radius 1 is 1.26 bits per heavy atom. The molecule has 6 nitrogen and oxygen atoms in total. The van der Waals surface area contributed by atoms with Gasteiger partial charge in [0.2, 0.25) is 10.0 Å². The number of nitrogens with one attached hydrogen (secondary N) is 1. The van der Waals surface area contributed by atoms with Gasteiger partial charge in [-0.1, -0.05) is 17.7 Å². The number of aliphatic hydroxyl groups is 1. The molecule has 0 radical (unpaired) electrons. The maximum absolute atomic E-state index is 14.1. The minimum atomic E-state index is -4.33. The third-order valence-corrected chi connectivity index (χ3v) is 7.21. The summed E-state index contributed by atoms with van der Waals surface area (Å²) < 4.78 is 68.0. The second-order valence-electron chi connectivity index (χ2n) is 7.13. The monoisotopic (exact) mass is 476 g/mol. The standard InChI is InChI=1S/C20H20ClF3N2O4S/c21-15-9-14(5-6-16(15)23)25-20(28)12-3-4-13(10-22)19(8-12)31(29,30)26-7-1-2-18(27)17(24)11-26/h3-6,8-9,17-18,27H,1-2,7,10-11H2,(H,25,28)/t17-,18+/m1/s1. The summed E-state index contributed by atoms with van der Waals surface area (Å²) in [5.41, 5.74) is -0.0957. The van der Waals surface area contributed by atoms with Gasteiger partial charge in [-0.15, -0.1) is 0 Å². The van der Waals surface area contributed by atoms with E-state index in [1.54, 1.807) is 0 Å². The second kappa shape index (κ2) is 9.56. The summed E-state index contributed by atoms with van der Waals surface area (Å²) in [5, 5.41) is 11.9. The van der Waals surface area contributed by atoms with Crippen LogP contribution in [0.15, 0.2) is 41.3 Å². The molecule has 11 heteroatoms. The predicted octanol–water partition coefficient (Wildman–Crippen LogP) is 3.68. The molecular weight excluding hydrogens is 457 g/mol. The number of rotatable bonds is 5. The fourth-order valence-electron chi connectivity index (χ4n) is 3.25. The van der Waals surface area contributed by atoms with E-state index < -0.39 is 52.1 Å². The average Bonchev–Trinajstić information content (AvgIpc) is 2.91. The van der Waals surface area contributed by atoms with Crippen LogP contribution in [-0.4, -0.2) is 49.1 Å². The van der Waals surface area contributed by atoms with E-state index in [-0.39, 0.29) is 41.2 Å². The van der Waals surface area contributed by atoms with E-state index >= 15 is 0 Å². The van der Waals surface area contributed by atoms with Crippen LogP contribution in [0, 0.1) is 5.82 Å². The molecule has 0 saturated carbocycles. The molecule has 1 heterocycles. The molecule has 2 aromatic rings. The summed E-state index contributed by atoms with van der Waals surface area (Å²) in [4.78, 5) is 12.1. The first-order chi connectivity index (χ1) is 14.6. The lowest BCUT2D eigenvalue weighted by atomic mass is 10.1. The van der Waals surface area contributed by atoms with Crippen molar-refractivity contribution in [2.45, 2.75) is 36.7 Å². The van der Waals surface area contributed by atoms with E-state index in [1.165, 1.54) is 24.3 Å². The van der Waals surface area contributed by atoms with Crippen LogP contribution in [0.25, 0.3) is 0 Å². The Balaban J connectivity index is 1.92. The molecule has 1 fully saturated rings. The molecule has 3 rings (SSSR count). The number of amides is 1. The van der Waals surface area contributed by atoms with E-state index in [9.17, 15) is 31.5 Å². The van der Waals surface area contributed by atoms with Crippen LogP contribution in [0.1, 0.15) is 28.8 Å². The Morgan fingerprint density at radius 3 is 2.68 bits per heavy atom. The van der Waals surface area contributed by atoms with Crippen molar-refractivity contribution < 1.29 is 31.5 Å². The Kier molecular flexibility index (Phi) is 7.25. The van der Waals surface area contributed by atoms with Gasteiger partial charge in [-0.25, -0.2) is 21.6 Å². The third-order valence-electron chi connectivity index (χ3n) is 4.97. The van der Waals surface area contributed by atoms with E-state index in [4.69, 9.17) is 11.6 Å². The van der Waals surface area contributed by atoms with Crippen LogP contribution in [-0.2, 0) is 16.7 Å². The molecule has 2 aromatic carbocycles. The highest BCUT2D eigenvalue weighted by molar-refractivity contribution is 7.89. The van der Waals surface area contributed by atoms with Gasteiger partial charge in [0.05, 0.1) is 16.0 Å². The molecule has 168 valence electrons. The molecule has 1 saturated heterocycles. The fourth-order valence-corrected chi connectivity index (χ4v) is 5.14. The molecule has 31 heavy (non-hydrogen) atoms. The summed E-state index contributed by atoms with van der Waals surface area (Å²) in [6.07, 6.45) is -2.72. The highest BCUT2D eigenvalue weighted by Gasteiger charge is 2.34. The summed E-state index contributed by atoms with van der Waals surface area (Å²) in [7, 11) is -4.33. The molecule has 0 spiro atoms. The number of hydrogen-bond acceptors (Lipinski definition) is 4. The van der Waals surface area contributed by atoms with Crippen molar-refractivity contribution in [1.29, 1.82) is 0 Å². The second-order valence-corrected chi connectivity index (χ2v) is 9.44. The van der Waals surface area contributed by atoms with Crippen LogP contribution in [0.3, 0.4) is 0 Å². The molecule has 1 aliphatic heterocycles. The summed E-state index contributed by atoms with van der Waals surface area (Å²) in [6.45, 7) is -1.73. The maximum atomic E-state index is 14.1. The predicted molar refractivity (Wildman–Crippen MR) is 110 cm³/mol. The topological polar surface area (TPSA) is 86.7 Å². The van der Waals surface area contributed by atoms with Crippen molar-refractivity contribution in [3.05, 3.63) is 58.4 Å². The number of sulfonamides is 1. The zero-order valence-corrected chi connectivity index (χ0v) is 17.8. The Hall–Kier alpha value is -2.14. The summed E-state index contributed by atoms with van der Waals surface area (Å²) in [6, 6.07) is 6.95. The van der Waals surface area contributed by atoms with E-state index in [2.05, 4.69) is 5.32 Å². The molecule has 2 N–H and O–H groups in total. The van der Waals surface area contributed by atoms with Gasteiger partial charge < -0.3 is 10.4 Å². The smallest absolute Gasteiger partial charge is 0.255 e. The first-order valence-electron chi connectivity index (χ1n) is 9.41. The molecule has 0 unspecified atom stereocenters. The van der Waals surface area contributed by atoms with Gasteiger partial charge in [0.25, 0.3) is 5.91 Å². The van der Waals surface area contributed by atoms with Gasteiger partial charge in [0.1, 0.15) is 18.7 Å². The van der Waals surface area contributed by atoms with Gasteiger partial charge in [-0.05, 0) is 43.2 Å². The number of halogens is 4. The SMILES string of the molecule is O=C(Nc1ccc(F)c(Cl)c1)c1ccc(CF)c(S(=O)(=O)N2CCC[C@H](O)[C@H](F)C2)c1. The number of aliphatic hydroxyl groups excluding tert-OH is 1. The maximum Gasteiger partial charge on any atom is 0.255 e. The van der Waals surface area contributed by atoms with Gasteiger partial charge in [-0.2, -0.15) is 4.31 Å². The molecule has 1 aliphatic rings. The van der Waals surface area contributed by atoms with Crippen LogP contribution in [0.4, 0.5) is 18.9 Å². The van der Waals surface area contributed by atoms with Crippen LogP contribution in [0.5, 0.6) is 0 Å². The summed E-state index contributed by atoms with van der Waals surface area (Å²) >= 11 is 5.69. The van der Waals surface area contributed by atoms with Crippen LogP contribution in [0.2, 0.25) is 5.02 Å². The Bertz CT molecular complexity index is 1080. The lowest BCUT2D eigenvalue weighted by molar-refractivity contribution is 0.0732. The highest BCUT2D eigenvalue weighted by atomic mass is 35.5. The minimum absolute atomic E-state index is 0.0456. The van der Waals surface area contributed by atoms with Crippen molar-refractivity contribution in [1.82, 2.24) is 4.31 Å². The van der Waals surface area contributed by atoms with Crippen molar-refractivity contribution in [2.24, 2.45) is 0 Å². The third kappa shape index (κ3) is 5.20. The molecule has 2 atom stereocenters. The van der Waals surface area contributed by atoms with Crippen LogP contribution >= 0.6 is 11.6 Å². The molecule has 0 bridgehead atoms. The average molecular weight is 477 g/mol. The number of alkyl halides is 2. The fraction of sp³-hybridized carbons (Fsp3) is 0.350. The molecule has 0 aromatic heterocycles. The van der Waals surface area contributed by atoms with E-state index in [0.29, 0.717) is 0 Å². The lowest BCUT2D eigenvalue weighted by Crippen LogP contribution is -2.38. The molecule has 1 amide bonds. The number of benzene rings is 2. The first-order valence-corrected chi connectivity index (χ1v) is 11.2. The van der Waals surface area contributed by atoms with Crippen LogP contribution < -0.4 is 5.32 Å². The highest BCUT2D eigenvalue weighted by Crippen LogP contribution is 2.27. The van der Waals surface area contributed by atoms with Crippen molar-refractivity contribution in [3.8, 4) is 0 Å². The normalized spacial score (nSPS) is 20.3. The van der Waals surface area contributed by atoms with Gasteiger partial charge >= 0.3 is 0 Å². The number of carbonyl (C=O) groups excluding carboxylic acids is 1. The van der Waals surface area contributed by atoms with E-state index in [1.807, 2.05) is 0 Å². The zero-order chi connectivity index (χ0) is 22.8. The van der Waals surface area contributed by atoms with Gasteiger partial charge in [0.15, 0.2) is 0 Å². The minimum Gasteiger partial charge on any atom is -0.390 e. The van der Waals surface area contributed by atoms with Gasteiger partial charge in [0, 0.05) is 29.9 Å². The summed E-state index contributed by atoms with van der Waals surface area (Å²) in [5.74, 6) is -1.40. The van der Waals surface area contributed by atoms with Crippen molar-refractivity contribution in [2.75, 3.05) is 18.4 Å². The van der Waals surface area contributed by atoms with Gasteiger partial charge in [-0.3, -0.25) is 4.79 Å². The largest absolute Gasteiger partial charge is 0.390 e. The molecule has 0 aliphatic carbocycles. The number of nitrogens with zero attached hydrogens (tertiary/aromatic N) is 1. The zero-order valence-electron chi connectivity index (χ0n) is 16.2. The van der Waals surface area contributed by atoms with E-state index in [0.717, 1.165) is 16.4 Å². The number of hydrogen-bond donors (Lipinski definition) is 2. The van der Waals surface area contributed by atoms with Crippen molar-refractivity contribution >= 4 is 33.2 Å². The quantitative estimate of drug-likeness (QED) is 0.689. The Morgan fingerprint density at radius 2 is 2.00 bits per heavy atom. The Labute approximate surface area is 182 Å². The lowest BCUT2D eigenvalue weighted by Gasteiger charge is -2.23. The number of anilines is 1. The first kappa shape index (κ1) is 23.5. The molecular formula is C20H20ClF3N2O4S. The van der Waals surface area contributed by atoms with Crippen molar-refractivity contribution in [3.63, 3.8) is 0 Å². The number of carbonyl (C=O) groups is 1.